The summed E-state index contributed by atoms with van der Waals surface area (Å²) in [5.74, 6) is 2.68. The SMILES string of the molecule is CCNC(=NCC1(O)CCSC1)N(C)Cc1nc2c(s1)CCCC2. The summed E-state index contributed by atoms with van der Waals surface area (Å²) >= 11 is 3.66. The number of thioether (sulfide) groups is 1. The molecule has 1 saturated heterocycles. The van der Waals surface area contributed by atoms with E-state index in [1.54, 1.807) is 0 Å². The van der Waals surface area contributed by atoms with Gasteiger partial charge in [0.15, 0.2) is 5.96 Å². The number of nitrogens with zero attached hydrogens (tertiary/aromatic N) is 3. The van der Waals surface area contributed by atoms with E-state index in [1.165, 1.54) is 34.8 Å². The Labute approximate surface area is 153 Å². The highest BCUT2D eigenvalue weighted by atomic mass is 32.2. The monoisotopic (exact) mass is 368 g/mol. The standard InChI is InChI=1S/C17H28N4OS2/c1-3-18-16(19-11-17(22)8-9-23-12-17)21(2)10-15-20-13-6-4-5-7-14(13)24-15/h22H,3-12H2,1-2H3,(H,18,19). The first-order chi connectivity index (χ1) is 11.6. The van der Waals surface area contributed by atoms with Crippen molar-refractivity contribution < 1.29 is 5.11 Å². The summed E-state index contributed by atoms with van der Waals surface area (Å²) in [6.45, 7) is 4.15. The lowest BCUT2D eigenvalue weighted by Gasteiger charge is -2.24. The molecule has 24 heavy (non-hydrogen) atoms. The lowest BCUT2D eigenvalue weighted by Crippen LogP contribution is -2.41. The second-order valence-electron chi connectivity index (χ2n) is 6.74. The van der Waals surface area contributed by atoms with Crippen LogP contribution in [0.2, 0.25) is 0 Å². The number of hydrogen-bond donors (Lipinski definition) is 2. The Morgan fingerprint density at radius 1 is 1.42 bits per heavy atom. The molecule has 1 aliphatic carbocycles. The van der Waals surface area contributed by atoms with E-state index in [0.717, 1.165) is 43.4 Å². The van der Waals surface area contributed by atoms with Crippen molar-refractivity contribution in [3.05, 3.63) is 15.6 Å². The lowest BCUT2D eigenvalue weighted by molar-refractivity contribution is 0.0776. The van der Waals surface area contributed by atoms with Crippen LogP contribution in [0.15, 0.2) is 4.99 Å². The molecule has 1 aromatic rings. The van der Waals surface area contributed by atoms with Gasteiger partial charge < -0.3 is 15.3 Å². The van der Waals surface area contributed by atoms with Crippen molar-refractivity contribution in [2.24, 2.45) is 4.99 Å². The van der Waals surface area contributed by atoms with Crippen molar-refractivity contribution >= 4 is 29.1 Å². The average Bonchev–Trinajstić information content (AvgIpc) is 3.17. The van der Waals surface area contributed by atoms with E-state index in [2.05, 4.69) is 24.2 Å². The molecule has 7 heteroatoms. The van der Waals surface area contributed by atoms with Gasteiger partial charge in [0, 0.05) is 24.2 Å². The van der Waals surface area contributed by atoms with E-state index in [4.69, 9.17) is 9.98 Å². The topological polar surface area (TPSA) is 60.8 Å². The third-order valence-corrected chi connectivity index (χ3v) is 6.94. The largest absolute Gasteiger partial charge is 0.387 e. The molecule has 0 amide bonds. The van der Waals surface area contributed by atoms with Gasteiger partial charge in [0.25, 0.3) is 0 Å². The highest BCUT2D eigenvalue weighted by Crippen LogP contribution is 2.28. The Morgan fingerprint density at radius 3 is 2.96 bits per heavy atom. The fourth-order valence-corrected chi connectivity index (χ4v) is 5.66. The number of hydrogen-bond acceptors (Lipinski definition) is 5. The van der Waals surface area contributed by atoms with E-state index >= 15 is 0 Å². The van der Waals surface area contributed by atoms with Crippen LogP contribution >= 0.6 is 23.1 Å². The molecule has 2 N–H and O–H groups in total. The number of fused-ring (bicyclic) bond motifs is 1. The number of aliphatic imine (C=N–C) groups is 1. The summed E-state index contributed by atoms with van der Waals surface area (Å²) < 4.78 is 0. The van der Waals surface area contributed by atoms with E-state index in [-0.39, 0.29) is 0 Å². The molecule has 1 aromatic heterocycles. The number of rotatable bonds is 5. The van der Waals surface area contributed by atoms with Gasteiger partial charge in [-0.2, -0.15) is 11.8 Å². The zero-order valence-electron chi connectivity index (χ0n) is 14.7. The van der Waals surface area contributed by atoms with Gasteiger partial charge in [0.2, 0.25) is 0 Å². The molecule has 3 rings (SSSR count). The number of aryl methyl sites for hydroxylation is 2. The molecule has 1 fully saturated rings. The number of nitrogens with one attached hydrogen (secondary N) is 1. The molecule has 2 heterocycles. The average molecular weight is 369 g/mol. The summed E-state index contributed by atoms with van der Waals surface area (Å²) in [7, 11) is 2.05. The number of aromatic nitrogens is 1. The van der Waals surface area contributed by atoms with Crippen LogP contribution in [-0.4, -0.2) is 58.2 Å². The fourth-order valence-electron chi connectivity index (χ4n) is 3.16. The molecule has 0 saturated carbocycles. The van der Waals surface area contributed by atoms with Gasteiger partial charge in [-0.25, -0.2) is 4.98 Å². The first-order valence-corrected chi connectivity index (χ1v) is 10.8. The van der Waals surface area contributed by atoms with Gasteiger partial charge in [-0.15, -0.1) is 11.3 Å². The van der Waals surface area contributed by atoms with Crippen LogP contribution in [-0.2, 0) is 19.4 Å². The first kappa shape index (κ1) is 18.0. The van der Waals surface area contributed by atoms with Gasteiger partial charge in [0.05, 0.1) is 24.4 Å². The Kier molecular flexibility index (Phi) is 6.05. The predicted molar refractivity (Wildman–Crippen MR) is 103 cm³/mol. The van der Waals surface area contributed by atoms with Crippen molar-refractivity contribution in [2.75, 3.05) is 31.6 Å². The maximum atomic E-state index is 10.5. The molecule has 0 aromatic carbocycles. The van der Waals surface area contributed by atoms with Crippen molar-refractivity contribution in [3.63, 3.8) is 0 Å². The zero-order chi connectivity index (χ0) is 17.0. The van der Waals surface area contributed by atoms with E-state index < -0.39 is 5.60 Å². The summed E-state index contributed by atoms with van der Waals surface area (Å²) in [6.07, 6.45) is 5.73. The molecule has 1 aliphatic heterocycles. The normalized spacial score (nSPS) is 24.0. The predicted octanol–water partition coefficient (Wildman–Crippen LogP) is 2.29. The Hall–Kier alpha value is -0.790. The number of guanidine groups is 1. The third-order valence-electron chi connectivity index (χ3n) is 4.56. The molecule has 0 spiro atoms. The molecule has 0 bridgehead atoms. The minimum absolute atomic E-state index is 0.473. The van der Waals surface area contributed by atoms with Crippen molar-refractivity contribution in [1.82, 2.24) is 15.2 Å². The third kappa shape index (κ3) is 4.43. The van der Waals surface area contributed by atoms with Crippen LogP contribution in [0, 0.1) is 0 Å². The number of thiazole rings is 1. The summed E-state index contributed by atoms with van der Waals surface area (Å²) in [4.78, 5) is 13.1. The molecule has 134 valence electrons. The van der Waals surface area contributed by atoms with Gasteiger partial charge >= 0.3 is 0 Å². The van der Waals surface area contributed by atoms with Crippen LogP contribution in [0.25, 0.3) is 0 Å². The first-order valence-electron chi connectivity index (χ1n) is 8.87. The van der Waals surface area contributed by atoms with Gasteiger partial charge in [-0.05, 0) is 44.8 Å². The Bertz CT molecular complexity index is 558. The van der Waals surface area contributed by atoms with E-state index in [1.807, 2.05) is 23.1 Å². The Morgan fingerprint density at radius 2 is 2.25 bits per heavy atom. The molecule has 0 radical (unpaired) electrons. The van der Waals surface area contributed by atoms with Crippen molar-refractivity contribution in [2.45, 2.75) is 51.2 Å². The van der Waals surface area contributed by atoms with Crippen LogP contribution in [0.5, 0.6) is 0 Å². The maximum absolute atomic E-state index is 10.5. The zero-order valence-corrected chi connectivity index (χ0v) is 16.3. The minimum atomic E-state index is -0.632. The van der Waals surface area contributed by atoms with Crippen LogP contribution in [0.1, 0.15) is 41.8 Å². The molecule has 2 aliphatic rings. The van der Waals surface area contributed by atoms with Crippen LogP contribution in [0.3, 0.4) is 0 Å². The van der Waals surface area contributed by atoms with Crippen molar-refractivity contribution in [3.8, 4) is 0 Å². The summed E-state index contributed by atoms with van der Waals surface area (Å²) in [5, 5.41) is 15.0. The minimum Gasteiger partial charge on any atom is -0.387 e. The van der Waals surface area contributed by atoms with Gasteiger partial charge in [-0.1, -0.05) is 0 Å². The highest BCUT2D eigenvalue weighted by Gasteiger charge is 2.31. The lowest BCUT2D eigenvalue weighted by atomic mass is 10.0. The Balaban J connectivity index is 1.65. The molecule has 5 nitrogen and oxygen atoms in total. The fraction of sp³-hybridized carbons (Fsp3) is 0.765. The van der Waals surface area contributed by atoms with Crippen LogP contribution in [0.4, 0.5) is 0 Å². The summed E-state index contributed by atoms with van der Waals surface area (Å²) in [5.41, 5.74) is 0.681. The van der Waals surface area contributed by atoms with E-state index in [0.29, 0.717) is 6.54 Å². The molecule has 1 atom stereocenters. The number of aliphatic hydroxyl groups is 1. The highest BCUT2D eigenvalue weighted by molar-refractivity contribution is 7.99. The van der Waals surface area contributed by atoms with Gasteiger partial charge in [-0.3, -0.25) is 4.99 Å². The van der Waals surface area contributed by atoms with Crippen molar-refractivity contribution in [1.29, 1.82) is 0 Å². The quantitative estimate of drug-likeness (QED) is 0.617. The summed E-state index contributed by atoms with van der Waals surface area (Å²) in [6, 6.07) is 0. The van der Waals surface area contributed by atoms with Crippen LogP contribution < -0.4 is 5.32 Å². The molecular weight excluding hydrogens is 340 g/mol. The molecular formula is C17H28N4OS2. The smallest absolute Gasteiger partial charge is 0.194 e. The molecule has 1 unspecified atom stereocenters. The second kappa shape index (κ2) is 8.06. The second-order valence-corrected chi connectivity index (χ2v) is 9.01. The van der Waals surface area contributed by atoms with Gasteiger partial charge in [0.1, 0.15) is 5.01 Å². The maximum Gasteiger partial charge on any atom is 0.194 e. The van der Waals surface area contributed by atoms with E-state index in [9.17, 15) is 5.11 Å².